The molecule has 150 valence electrons. The molecule has 0 aliphatic heterocycles. The lowest BCUT2D eigenvalue weighted by Gasteiger charge is -2.13. The van der Waals surface area contributed by atoms with Crippen molar-refractivity contribution in [3.05, 3.63) is 60.7 Å². The van der Waals surface area contributed by atoms with Gasteiger partial charge in [-0.25, -0.2) is 4.98 Å². The Kier molecular flexibility index (Phi) is 6.76. The number of anilines is 4. The van der Waals surface area contributed by atoms with E-state index in [2.05, 4.69) is 30.8 Å². The summed E-state index contributed by atoms with van der Waals surface area (Å²) in [4.78, 5) is 22.5. The maximum absolute atomic E-state index is 11.2. The molecule has 1 aromatic heterocycles. The van der Waals surface area contributed by atoms with Crippen LogP contribution in [0.2, 0.25) is 0 Å². The lowest BCUT2D eigenvalue weighted by molar-refractivity contribution is -0.114. The Bertz CT molecular complexity index is 941. The number of amides is 1. The second kappa shape index (κ2) is 9.66. The van der Waals surface area contributed by atoms with Gasteiger partial charge in [-0.2, -0.15) is 4.98 Å². The van der Waals surface area contributed by atoms with E-state index in [1.54, 1.807) is 0 Å². The molecule has 0 bridgehead atoms. The summed E-state index contributed by atoms with van der Waals surface area (Å²) >= 11 is 0. The number of carbonyl (C=O) groups excluding carboxylic acids is 1. The fourth-order valence-electron chi connectivity index (χ4n) is 2.73. The first-order valence-corrected chi connectivity index (χ1v) is 9.47. The maximum Gasteiger partial charge on any atom is 0.225 e. The van der Waals surface area contributed by atoms with E-state index in [0.717, 1.165) is 35.7 Å². The van der Waals surface area contributed by atoms with E-state index in [9.17, 15) is 4.79 Å². The number of nitrogens with one attached hydrogen (secondary N) is 3. The highest BCUT2D eigenvalue weighted by Gasteiger charge is 2.08. The minimum absolute atomic E-state index is 0.0950. The van der Waals surface area contributed by atoms with Crippen LogP contribution in [0.3, 0.4) is 0 Å². The van der Waals surface area contributed by atoms with Crippen LogP contribution < -0.4 is 16.0 Å². The van der Waals surface area contributed by atoms with Crippen LogP contribution in [0.1, 0.15) is 6.92 Å². The molecule has 0 saturated heterocycles. The van der Waals surface area contributed by atoms with Crippen LogP contribution in [-0.4, -0.2) is 48.0 Å². The summed E-state index contributed by atoms with van der Waals surface area (Å²) in [5.41, 5.74) is 3.48. The highest BCUT2D eigenvalue weighted by atomic mass is 16.1. The number of benzene rings is 2. The van der Waals surface area contributed by atoms with Crippen molar-refractivity contribution in [1.29, 1.82) is 0 Å². The number of nitrogens with zero attached hydrogens (tertiary/aromatic N) is 3. The molecule has 0 spiro atoms. The van der Waals surface area contributed by atoms with E-state index in [4.69, 9.17) is 0 Å². The molecular weight excluding hydrogens is 364 g/mol. The molecule has 0 aliphatic rings. The number of likely N-dealkylation sites (N-methyl/N-ethyl adjacent to an activating group) is 1. The predicted molar refractivity (Wildman–Crippen MR) is 119 cm³/mol. The van der Waals surface area contributed by atoms with Gasteiger partial charge in [0.05, 0.1) is 5.69 Å². The zero-order valence-corrected chi connectivity index (χ0v) is 16.9. The summed E-state index contributed by atoms with van der Waals surface area (Å²) in [6.07, 6.45) is 0. The Morgan fingerprint density at radius 3 is 2.31 bits per heavy atom. The lowest BCUT2D eigenvalue weighted by atomic mass is 10.1. The van der Waals surface area contributed by atoms with E-state index in [1.165, 1.54) is 6.92 Å². The Labute approximate surface area is 171 Å². The minimum Gasteiger partial charge on any atom is -0.353 e. The summed E-state index contributed by atoms with van der Waals surface area (Å²) < 4.78 is 0. The van der Waals surface area contributed by atoms with Gasteiger partial charge in [-0.1, -0.05) is 30.3 Å². The molecule has 29 heavy (non-hydrogen) atoms. The second-order valence-corrected chi connectivity index (χ2v) is 6.94. The van der Waals surface area contributed by atoms with Gasteiger partial charge >= 0.3 is 0 Å². The first kappa shape index (κ1) is 20.3. The number of carbonyl (C=O) groups is 1. The van der Waals surface area contributed by atoms with Crippen molar-refractivity contribution < 1.29 is 4.79 Å². The van der Waals surface area contributed by atoms with Gasteiger partial charge < -0.3 is 20.9 Å². The molecule has 0 atom stereocenters. The normalized spacial score (nSPS) is 10.6. The van der Waals surface area contributed by atoms with Crippen LogP contribution in [0.15, 0.2) is 60.7 Å². The van der Waals surface area contributed by atoms with E-state index >= 15 is 0 Å². The highest BCUT2D eigenvalue weighted by Crippen LogP contribution is 2.24. The molecule has 2 aromatic carbocycles. The van der Waals surface area contributed by atoms with Gasteiger partial charge in [0.15, 0.2) is 0 Å². The molecule has 1 heterocycles. The largest absolute Gasteiger partial charge is 0.353 e. The van der Waals surface area contributed by atoms with Crippen molar-refractivity contribution in [2.24, 2.45) is 0 Å². The third-order valence-electron chi connectivity index (χ3n) is 4.12. The zero-order chi connectivity index (χ0) is 20.6. The van der Waals surface area contributed by atoms with Crippen LogP contribution in [0, 0.1) is 0 Å². The highest BCUT2D eigenvalue weighted by molar-refractivity contribution is 5.88. The van der Waals surface area contributed by atoms with Crippen LogP contribution in [0.5, 0.6) is 0 Å². The van der Waals surface area contributed by atoms with E-state index < -0.39 is 0 Å². The molecular formula is C22H26N6O. The lowest BCUT2D eigenvalue weighted by Crippen LogP contribution is -2.21. The first-order valence-electron chi connectivity index (χ1n) is 9.47. The Hall–Kier alpha value is -3.45. The monoisotopic (exact) mass is 390 g/mol. The van der Waals surface area contributed by atoms with E-state index in [1.807, 2.05) is 74.8 Å². The average molecular weight is 390 g/mol. The third-order valence-corrected chi connectivity index (χ3v) is 4.12. The summed E-state index contributed by atoms with van der Waals surface area (Å²) in [6, 6.07) is 19.4. The quantitative estimate of drug-likeness (QED) is 0.542. The second-order valence-electron chi connectivity index (χ2n) is 6.94. The van der Waals surface area contributed by atoms with Gasteiger partial charge in [0.2, 0.25) is 11.9 Å². The molecule has 7 nitrogen and oxygen atoms in total. The summed E-state index contributed by atoms with van der Waals surface area (Å²) in [7, 11) is 4.06. The Morgan fingerprint density at radius 2 is 1.66 bits per heavy atom. The van der Waals surface area contributed by atoms with Gasteiger partial charge in [0.25, 0.3) is 0 Å². The first-order chi connectivity index (χ1) is 14.0. The smallest absolute Gasteiger partial charge is 0.225 e. The van der Waals surface area contributed by atoms with Crippen molar-refractivity contribution >= 4 is 29.0 Å². The zero-order valence-electron chi connectivity index (χ0n) is 16.9. The van der Waals surface area contributed by atoms with Gasteiger partial charge in [-0.15, -0.1) is 0 Å². The SMILES string of the molecule is CC(=O)Nc1ccc(Nc2cc(-c3ccccc3)nc(NCCN(C)C)n2)cc1. The summed E-state index contributed by atoms with van der Waals surface area (Å²) in [6.45, 7) is 3.12. The number of aromatic nitrogens is 2. The molecule has 1 amide bonds. The van der Waals surface area contributed by atoms with Crippen molar-refractivity contribution in [3.63, 3.8) is 0 Å². The molecule has 0 radical (unpaired) electrons. The van der Waals surface area contributed by atoms with E-state index in [0.29, 0.717) is 11.8 Å². The predicted octanol–water partition coefficient (Wildman–Crippen LogP) is 3.82. The fourth-order valence-corrected chi connectivity index (χ4v) is 2.73. The topological polar surface area (TPSA) is 82.2 Å². The van der Waals surface area contributed by atoms with Gasteiger partial charge in [-0.3, -0.25) is 4.79 Å². The Balaban J connectivity index is 1.83. The maximum atomic E-state index is 11.2. The molecule has 0 aliphatic carbocycles. The average Bonchev–Trinajstić information content (AvgIpc) is 2.69. The molecule has 0 saturated carbocycles. The van der Waals surface area contributed by atoms with Gasteiger partial charge in [-0.05, 0) is 38.4 Å². The van der Waals surface area contributed by atoms with Crippen molar-refractivity contribution in [2.45, 2.75) is 6.92 Å². The number of rotatable bonds is 8. The standard InChI is InChI=1S/C22H26N6O/c1-16(29)24-18-9-11-19(12-10-18)25-21-15-20(17-7-5-4-6-8-17)26-22(27-21)23-13-14-28(2)3/h4-12,15H,13-14H2,1-3H3,(H,24,29)(H2,23,25,26,27). The Morgan fingerprint density at radius 1 is 0.966 bits per heavy atom. The fraction of sp³-hybridized carbons (Fsp3) is 0.227. The molecule has 0 fully saturated rings. The number of hydrogen-bond donors (Lipinski definition) is 3. The van der Waals surface area contributed by atoms with Crippen molar-refractivity contribution in [2.75, 3.05) is 43.1 Å². The van der Waals surface area contributed by atoms with Crippen LogP contribution in [0.4, 0.5) is 23.1 Å². The van der Waals surface area contributed by atoms with Crippen LogP contribution >= 0.6 is 0 Å². The van der Waals surface area contributed by atoms with Crippen molar-refractivity contribution in [1.82, 2.24) is 14.9 Å². The minimum atomic E-state index is -0.0950. The third kappa shape index (κ3) is 6.29. The van der Waals surface area contributed by atoms with Gasteiger partial charge in [0, 0.05) is 43.0 Å². The van der Waals surface area contributed by atoms with Crippen molar-refractivity contribution in [3.8, 4) is 11.3 Å². The molecule has 3 aromatic rings. The number of hydrogen-bond acceptors (Lipinski definition) is 6. The summed E-state index contributed by atoms with van der Waals surface area (Å²) in [5, 5.41) is 9.37. The van der Waals surface area contributed by atoms with Crippen LogP contribution in [-0.2, 0) is 4.79 Å². The molecule has 0 unspecified atom stereocenters. The van der Waals surface area contributed by atoms with Crippen LogP contribution in [0.25, 0.3) is 11.3 Å². The van der Waals surface area contributed by atoms with Gasteiger partial charge in [0.1, 0.15) is 5.82 Å². The molecule has 3 N–H and O–H groups in total. The summed E-state index contributed by atoms with van der Waals surface area (Å²) in [5.74, 6) is 1.17. The molecule has 7 heteroatoms. The van der Waals surface area contributed by atoms with E-state index in [-0.39, 0.29) is 5.91 Å². The molecule has 3 rings (SSSR count).